The predicted molar refractivity (Wildman–Crippen MR) is 62.4 cm³/mol. The van der Waals surface area contributed by atoms with E-state index in [0.29, 0.717) is 5.41 Å². The molecule has 0 aromatic heterocycles. The number of ether oxygens (including phenoxy) is 1. The van der Waals surface area contributed by atoms with E-state index in [1.165, 1.54) is 12.8 Å². The lowest BCUT2D eigenvalue weighted by molar-refractivity contribution is 0.0952. The number of hydrogen-bond acceptors (Lipinski definition) is 3. The Hall–Kier alpha value is 0.460. The van der Waals surface area contributed by atoms with Gasteiger partial charge in [0, 0.05) is 11.5 Å². The normalized spacial score (nSPS) is 34.7. The summed E-state index contributed by atoms with van der Waals surface area (Å²) in [5, 5.41) is 3.36. The van der Waals surface area contributed by atoms with Crippen LogP contribution < -0.4 is 11.1 Å². The summed E-state index contributed by atoms with van der Waals surface area (Å²) in [7, 11) is 0. The van der Waals surface area contributed by atoms with Gasteiger partial charge in [-0.2, -0.15) is 0 Å². The first kappa shape index (κ1) is 14.5. The molecule has 0 saturated carbocycles. The van der Waals surface area contributed by atoms with Crippen LogP contribution in [0.2, 0.25) is 0 Å². The number of halogens is 2. The first-order valence-corrected chi connectivity index (χ1v) is 4.82. The predicted octanol–water partition coefficient (Wildman–Crippen LogP) is 0.946. The van der Waals surface area contributed by atoms with Crippen molar-refractivity contribution in [2.75, 3.05) is 19.7 Å². The van der Waals surface area contributed by atoms with Gasteiger partial charge in [0.2, 0.25) is 0 Å². The molecular formula is C9H20Cl2N2O. The number of rotatable bonds is 0. The molecular weight excluding hydrogens is 223 g/mol. The maximum Gasteiger partial charge on any atom is 0.0704 e. The highest BCUT2D eigenvalue weighted by molar-refractivity contribution is 5.85. The van der Waals surface area contributed by atoms with Crippen LogP contribution in [0.25, 0.3) is 0 Å². The van der Waals surface area contributed by atoms with Crippen LogP contribution in [0, 0.1) is 5.41 Å². The average molecular weight is 243 g/mol. The Morgan fingerprint density at radius 2 is 1.86 bits per heavy atom. The summed E-state index contributed by atoms with van der Waals surface area (Å²) in [5.41, 5.74) is 6.43. The van der Waals surface area contributed by atoms with Crippen LogP contribution >= 0.6 is 24.8 Å². The summed E-state index contributed by atoms with van der Waals surface area (Å²) in [5.74, 6) is 0. The Kier molecular flexibility index (Phi) is 5.70. The second kappa shape index (κ2) is 5.52. The van der Waals surface area contributed by atoms with Crippen LogP contribution in [0.3, 0.4) is 0 Å². The molecule has 0 aromatic rings. The first-order chi connectivity index (χ1) is 5.75. The Labute approximate surface area is 98.0 Å². The van der Waals surface area contributed by atoms with E-state index in [2.05, 4.69) is 12.2 Å². The molecule has 2 saturated heterocycles. The summed E-state index contributed by atoms with van der Waals surface area (Å²) in [6, 6.07) is 0.250. The number of piperidine rings is 1. The van der Waals surface area contributed by atoms with Crippen molar-refractivity contribution in [1.82, 2.24) is 5.32 Å². The zero-order chi connectivity index (χ0) is 8.60. The molecule has 3 N–H and O–H groups in total. The highest BCUT2D eigenvalue weighted by Gasteiger charge is 2.46. The third-order valence-corrected chi connectivity index (χ3v) is 3.45. The van der Waals surface area contributed by atoms with E-state index in [4.69, 9.17) is 10.5 Å². The smallest absolute Gasteiger partial charge is 0.0704 e. The van der Waals surface area contributed by atoms with Gasteiger partial charge in [0.25, 0.3) is 0 Å². The van der Waals surface area contributed by atoms with Crippen molar-refractivity contribution < 1.29 is 4.74 Å². The average Bonchev–Trinajstić information content (AvgIpc) is 2.37. The molecule has 1 spiro atoms. The summed E-state index contributed by atoms with van der Waals surface area (Å²) in [6.07, 6.45) is 2.61. The lowest BCUT2D eigenvalue weighted by Gasteiger charge is -2.36. The minimum absolute atomic E-state index is 0. The molecule has 2 atom stereocenters. The fourth-order valence-electron chi connectivity index (χ4n) is 2.40. The van der Waals surface area contributed by atoms with Gasteiger partial charge in [-0.15, -0.1) is 24.8 Å². The molecule has 0 bridgehead atoms. The van der Waals surface area contributed by atoms with Crippen LogP contribution in [0.5, 0.6) is 0 Å². The fraction of sp³-hybridized carbons (Fsp3) is 1.00. The molecule has 2 aliphatic heterocycles. The fourth-order valence-corrected chi connectivity index (χ4v) is 2.40. The summed E-state index contributed by atoms with van der Waals surface area (Å²) >= 11 is 0. The number of nitrogens with one attached hydrogen (secondary N) is 1. The van der Waals surface area contributed by atoms with Gasteiger partial charge in [0.1, 0.15) is 0 Å². The van der Waals surface area contributed by atoms with Crippen LogP contribution in [-0.2, 0) is 4.74 Å². The summed E-state index contributed by atoms with van der Waals surface area (Å²) < 4.78 is 5.61. The Morgan fingerprint density at radius 3 is 2.29 bits per heavy atom. The minimum Gasteiger partial charge on any atom is -0.376 e. The van der Waals surface area contributed by atoms with Crippen LogP contribution in [0.1, 0.15) is 19.8 Å². The lowest BCUT2D eigenvalue weighted by Crippen LogP contribution is -2.49. The van der Waals surface area contributed by atoms with Gasteiger partial charge in [-0.1, -0.05) is 0 Å². The van der Waals surface area contributed by atoms with E-state index >= 15 is 0 Å². The van der Waals surface area contributed by atoms with Crippen molar-refractivity contribution in [3.05, 3.63) is 0 Å². The van der Waals surface area contributed by atoms with Gasteiger partial charge >= 0.3 is 0 Å². The maximum absolute atomic E-state index is 6.14. The molecule has 5 heteroatoms. The summed E-state index contributed by atoms with van der Waals surface area (Å²) in [6.45, 7) is 5.16. The monoisotopic (exact) mass is 242 g/mol. The van der Waals surface area contributed by atoms with Crippen LogP contribution in [-0.4, -0.2) is 31.8 Å². The van der Waals surface area contributed by atoms with E-state index in [-0.39, 0.29) is 37.0 Å². The zero-order valence-corrected chi connectivity index (χ0v) is 10.1. The Balaban J connectivity index is 0.000000845. The third-order valence-electron chi connectivity index (χ3n) is 3.45. The standard InChI is InChI=1S/C9H18N2O.2ClH/c1-7-8(10)9(6-12-7)2-4-11-5-3-9;;/h7-8,11H,2-6,10H2,1H3;2*1H/t7?,8-;;/m1../s1. The van der Waals surface area contributed by atoms with Crippen molar-refractivity contribution in [3.8, 4) is 0 Å². The van der Waals surface area contributed by atoms with Crippen molar-refractivity contribution in [1.29, 1.82) is 0 Å². The second-order valence-electron chi connectivity index (χ2n) is 4.15. The maximum atomic E-state index is 6.14. The first-order valence-electron chi connectivity index (χ1n) is 4.82. The van der Waals surface area contributed by atoms with Crippen LogP contribution in [0.15, 0.2) is 0 Å². The van der Waals surface area contributed by atoms with Crippen molar-refractivity contribution in [2.45, 2.75) is 31.9 Å². The molecule has 86 valence electrons. The van der Waals surface area contributed by atoms with E-state index in [1.54, 1.807) is 0 Å². The molecule has 2 rings (SSSR count). The van der Waals surface area contributed by atoms with Gasteiger partial charge in [-0.3, -0.25) is 0 Å². The van der Waals surface area contributed by atoms with Gasteiger partial charge in [0.15, 0.2) is 0 Å². The zero-order valence-electron chi connectivity index (χ0n) is 8.49. The Bertz CT molecular complexity index is 169. The van der Waals surface area contributed by atoms with E-state index in [9.17, 15) is 0 Å². The molecule has 14 heavy (non-hydrogen) atoms. The SMILES string of the molecule is CC1OCC2(CCNCC2)[C@@H]1N.Cl.Cl. The van der Waals surface area contributed by atoms with Gasteiger partial charge in [-0.05, 0) is 32.9 Å². The topological polar surface area (TPSA) is 47.3 Å². The molecule has 0 amide bonds. The number of nitrogens with two attached hydrogens (primary N) is 1. The van der Waals surface area contributed by atoms with Crippen molar-refractivity contribution in [3.63, 3.8) is 0 Å². The lowest BCUT2D eigenvalue weighted by atomic mass is 9.74. The van der Waals surface area contributed by atoms with E-state index < -0.39 is 0 Å². The molecule has 2 heterocycles. The van der Waals surface area contributed by atoms with Crippen LogP contribution in [0.4, 0.5) is 0 Å². The largest absolute Gasteiger partial charge is 0.376 e. The Morgan fingerprint density at radius 1 is 1.29 bits per heavy atom. The third kappa shape index (κ3) is 2.34. The molecule has 0 aliphatic carbocycles. The molecule has 0 aromatic carbocycles. The molecule has 0 radical (unpaired) electrons. The highest BCUT2D eigenvalue weighted by Crippen LogP contribution is 2.39. The molecule has 1 unspecified atom stereocenters. The minimum atomic E-state index is 0. The quantitative estimate of drug-likeness (QED) is 0.665. The van der Waals surface area contributed by atoms with Gasteiger partial charge in [-0.25, -0.2) is 0 Å². The van der Waals surface area contributed by atoms with Gasteiger partial charge < -0.3 is 15.8 Å². The summed E-state index contributed by atoms with van der Waals surface area (Å²) in [4.78, 5) is 0. The van der Waals surface area contributed by atoms with Crippen molar-refractivity contribution >= 4 is 24.8 Å². The molecule has 2 fully saturated rings. The number of hydrogen-bond donors (Lipinski definition) is 2. The molecule has 3 nitrogen and oxygen atoms in total. The highest BCUT2D eigenvalue weighted by atomic mass is 35.5. The van der Waals surface area contributed by atoms with Gasteiger partial charge in [0.05, 0.1) is 12.7 Å². The second-order valence-corrected chi connectivity index (χ2v) is 4.15. The van der Waals surface area contributed by atoms with E-state index in [1.807, 2.05) is 0 Å². The van der Waals surface area contributed by atoms with Crippen molar-refractivity contribution in [2.24, 2.45) is 11.1 Å². The molecule has 2 aliphatic rings. The van der Waals surface area contributed by atoms with E-state index in [0.717, 1.165) is 19.7 Å².